The van der Waals surface area contributed by atoms with Crippen LogP contribution in [0.4, 0.5) is 4.79 Å². The second-order valence-corrected chi connectivity index (χ2v) is 9.65. The molecule has 1 fully saturated rings. The first-order valence-electron chi connectivity index (χ1n) is 11.0. The summed E-state index contributed by atoms with van der Waals surface area (Å²) in [5.41, 5.74) is 3.49. The van der Waals surface area contributed by atoms with Crippen LogP contribution in [-0.2, 0) is 17.9 Å². The molecule has 180 valence electrons. The number of aryl methyl sites for hydroxylation is 1. The molecular formula is C27H23Cl2NO4S. The van der Waals surface area contributed by atoms with Crippen LogP contribution >= 0.6 is 35.0 Å². The van der Waals surface area contributed by atoms with Gasteiger partial charge in [0, 0.05) is 5.02 Å². The Bertz CT molecular complexity index is 1310. The highest BCUT2D eigenvalue weighted by molar-refractivity contribution is 8.18. The summed E-state index contributed by atoms with van der Waals surface area (Å²) in [7, 11) is 0. The van der Waals surface area contributed by atoms with Crippen molar-refractivity contribution >= 4 is 52.2 Å². The zero-order valence-electron chi connectivity index (χ0n) is 19.2. The summed E-state index contributed by atoms with van der Waals surface area (Å²) in [6.07, 6.45) is 1.64. The lowest BCUT2D eigenvalue weighted by molar-refractivity contribution is -0.123. The molecule has 8 heteroatoms. The van der Waals surface area contributed by atoms with E-state index in [4.69, 9.17) is 32.7 Å². The molecule has 1 heterocycles. The molecule has 3 aromatic rings. The normalized spacial score (nSPS) is 14.6. The number of imide groups is 1. The van der Waals surface area contributed by atoms with Gasteiger partial charge in [-0.1, -0.05) is 65.7 Å². The first-order chi connectivity index (χ1) is 16.9. The third kappa shape index (κ3) is 5.84. The number of hydrogen-bond acceptors (Lipinski definition) is 5. The van der Waals surface area contributed by atoms with E-state index in [9.17, 15) is 9.59 Å². The minimum atomic E-state index is -0.381. The van der Waals surface area contributed by atoms with Gasteiger partial charge in [-0.15, -0.1) is 0 Å². The van der Waals surface area contributed by atoms with Gasteiger partial charge in [-0.3, -0.25) is 14.5 Å². The Morgan fingerprint density at radius 2 is 1.66 bits per heavy atom. The highest BCUT2D eigenvalue weighted by Crippen LogP contribution is 2.40. The van der Waals surface area contributed by atoms with E-state index in [1.165, 1.54) is 4.90 Å². The molecule has 1 aliphatic heterocycles. The summed E-state index contributed by atoms with van der Waals surface area (Å²) in [6, 6.07) is 18.5. The van der Waals surface area contributed by atoms with Crippen LogP contribution in [0.5, 0.6) is 11.5 Å². The van der Waals surface area contributed by atoms with Crippen molar-refractivity contribution < 1.29 is 19.1 Å². The van der Waals surface area contributed by atoms with Crippen molar-refractivity contribution in [3.05, 3.63) is 97.9 Å². The van der Waals surface area contributed by atoms with Crippen molar-refractivity contribution in [1.29, 1.82) is 0 Å². The molecule has 0 aromatic heterocycles. The predicted molar refractivity (Wildman–Crippen MR) is 141 cm³/mol. The van der Waals surface area contributed by atoms with Gasteiger partial charge in [0.1, 0.15) is 6.61 Å². The van der Waals surface area contributed by atoms with Gasteiger partial charge in [0.05, 0.1) is 23.1 Å². The Hall–Kier alpha value is -2.93. The maximum absolute atomic E-state index is 13.0. The molecule has 3 aromatic carbocycles. The summed E-state index contributed by atoms with van der Waals surface area (Å²) in [5.74, 6) is 0.518. The summed E-state index contributed by atoms with van der Waals surface area (Å²) >= 11 is 13.6. The van der Waals surface area contributed by atoms with Crippen LogP contribution < -0.4 is 9.47 Å². The molecule has 2 amide bonds. The van der Waals surface area contributed by atoms with E-state index in [0.717, 1.165) is 22.9 Å². The Morgan fingerprint density at radius 3 is 2.37 bits per heavy atom. The molecule has 0 radical (unpaired) electrons. The van der Waals surface area contributed by atoms with Crippen molar-refractivity contribution in [3.8, 4) is 11.5 Å². The molecule has 0 aliphatic carbocycles. The molecule has 5 nitrogen and oxygen atoms in total. The molecule has 35 heavy (non-hydrogen) atoms. The Labute approximate surface area is 218 Å². The highest BCUT2D eigenvalue weighted by atomic mass is 35.5. The molecule has 0 N–H and O–H groups in total. The van der Waals surface area contributed by atoms with Crippen LogP contribution in [0.25, 0.3) is 6.08 Å². The van der Waals surface area contributed by atoms with Crippen molar-refractivity contribution in [1.82, 2.24) is 4.90 Å². The fraction of sp³-hybridized carbons (Fsp3) is 0.185. The number of ether oxygens (including phenoxy) is 2. The van der Waals surface area contributed by atoms with Gasteiger partial charge in [-0.2, -0.15) is 0 Å². The number of carbonyl (C=O) groups is 2. The van der Waals surface area contributed by atoms with E-state index in [1.54, 1.807) is 36.4 Å². The van der Waals surface area contributed by atoms with Gasteiger partial charge in [0.2, 0.25) is 0 Å². The van der Waals surface area contributed by atoms with E-state index in [-0.39, 0.29) is 17.7 Å². The number of thioether (sulfide) groups is 1. The van der Waals surface area contributed by atoms with Crippen LogP contribution in [0, 0.1) is 6.92 Å². The fourth-order valence-corrected chi connectivity index (χ4v) is 4.89. The van der Waals surface area contributed by atoms with Gasteiger partial charge in [0.15, 0.2) is 11.5 Å². The lowest BCUT2D eigenvalue weighted by Crippen LogP contribution is -2.27. The fourth-order valence-electron chi connectivity index (χ4n) is 3.58. The second kappa shape index (κ2) is 11.2. The Balaban J connectivity index is 1.57. The van der Waals surface area contributed by atoms with Crippen LogP contribution in [0.1, 0.15) is 29.2 Å². The highest BCUT2D eigenvalue weighted by Gasteiger charge is 2.35. The molecule has 1 aliphatic rings. The minimum absolute atomic E-state index is 0.109. The van der Waals surface area contributed by atoms with Crippen LogP contribution in [0.3, 0.4) is 0 Å². The van der Waals surface area contributed by atoms with Gasteiger partial charge in [0.25, 0.3) is 11.1 Å². The van der Waals surface area contributed by atoms with Crippen LogP contribution in [0.15, 0.2) is 65.6 Å². The van der Waals surface area contributed by atoms with Crippen molar-refractivity contribution in [2.24, 2.45) is 0 Å². The van der Waals surface area contributed by atoms with Gasteiger partial charge < -0.3 is 9.47 Å². The summed E-state index contributed by atoms with van der Waals surface area (Å²) < 4.78 is 11.8. The quantitative estimate of drug-likeness (QED) is 0.283. The molecule has 1 saturated heterocycles. The lowest BCUT2D eigenvalue weighted by Gasteiger charge is -2.15. The van der Waals surface area contributed by atoms with Crippen LogP contribution in [-0.4, -0.2) is 22.7 Å². The van der Waals surface area contributed by atoms with E-state index in [0.29, 0.717) is 50.8 Å². The predicted octanol–water partition coefficient (Wildman–Crippen LogP) is 7.52. The van der Waals surface area contributed by atoms with E-state index in [2.05, 4.69) is 0 Å². The van der Waals surface area contributed by atoms with Crippen LogP contribution in [0.2, 0.25) is 10.0 Å². The lowest BCUT2D eigenvalue weighted by atomic mass is 10.1. The molecule has 0 atom stereocenters. The molecule has 0 bridgehead atoms. The molecule has 0 spiro atoms. The summed E-state index contributed by atoms with van der Waals surface area (Å²) in [5, 5.41) is 0.506. The average molecular weight is 528 g/mol. The van der Waals surface area contributed by atoms with E-state index in [1.807, 2.05) is 44.2 Å². The SMILES string of the molecule is CCOc1cc(/C=C2\SC(=O)N(Cc3ccccc3Cl)C2=O)cc(Cl)c1OCc1ccccc1C. The number of benzene rings is 3. The Kier molecular flexibility index (Phi) is 8.06. The molecule has 4 rings (SSSR count). The van der Waals surface area contributed by atoms with E-state index < -0.39 is 0 Å². The maximum Gasteiger partial charge on any atom is 0.293 e. The summed E-state index contributed by atoms with van der Waals surface area (Å²) in [4.78, 5) is 27.0. The molecule has 0 unspecified atom stereocenters. The van der Waals surface area contributed by atoms with Crippen molar-refractivity contribution in [2.75, 3.05) is 6.61 Å². The number of hydrogen-bond donors (Lipinski definition) is 0. The average Bonchev–Trinajstić information content (AvgIpc) is 3.08. The molecular weight excluding hydrogens is 505 g/mol. The third-order valence-corrected chi connectivity index (χ3v) is 6.98. The van der Waals surface area contributed by atoms with E-state index >= 15 is 0 Å². The maximum atomic E-state index is 13.0. The minimum Gasteiger partial charge on any atom is -0.490 e. The zero-order chi connectivity index (χ0) is 24.9. The van der Waals surface area contributed by atoms with Crippen molar-refractivity contribution in [3.63, 3.8) is 0 Å². The second-order valence-electron chi connectivity index (χ2n) is 7.84. The summed E-state index contributed by atoms with van der Waals surface area (Å²) in [6.45, 7) is 4.75. The number of rotatable bonds is 8. The first kappa shape index (κ1) is 25.2. The van der Waals surface area contributed by atoms with Crippen molar-refractivity contribution in [2.45, 2.75) is 27.0 Å². The standard InChI is InChI=1S/C27H23Cl2NO4S/c1-3-33-23-13-18(12-22(29)25(23)34-16-20-10-5-4-8-17(20)2)14-24-26(31)30(27(32)35-24)15-19-9-6-7-11-21(19)28/h4-14H,3,15-16H2,1-2H3/b24-14-. The number of amides is 2. The first-order valence-corrected chi connectivity index (χ1v) is 12.6. The van der Waals surface area contributed by atoms with Gasteiger partial charge in [-0.05, 0) is 72.1 Å². The third-order valence-electron chi connectivity index (χ3n) is 5.42. The largest absolute Gasteiger partial charge is 0.490 e. The zero-order valence-corrected chi connectivity index (χ0v) is 21.5. The van der Waals surface area contributed by atoms with Gasteiger partial charge in [-0.25, -0.2) is 0 Å². The smallest absolute Gasteiger partial charge is 0.293 e. The number of halogens is 2. The monoisotopic (exact) mass is 527 g/mol. The number of nitrogens with zero attached hydrogens (tertiary/aromatic N) is 1. The Morgan fingerprint density at radius 1 is 0.943 bits per heavy atom. The molecule has 0 saturated carbocycles. The topological polar surface area (TPSA) is 55.8 Å². The number of carbonyl (C=O) groups excluding carboxylic acids is 2. The van der Waals surface area contributed by atoms with Gasteiger partial charge >= 0.3 is 0 Å².